The molecular weight excluding hydrogens is 534 g/mol. The first-order valence-electron chi connectivity index (χ1n) is 16.2. The molecule has 5 atom stereocenters. The van der Waals surface area contributed by atoms with E-state index in [4.69, 9.17) is 9.47 Å². The molecule has 0 saturated carbocycles. The van der Waals surface area contributed by atoms with Gasteiger partial charge in [-0.3, -0.25) is 24.0 Å². The number of ether oxygens (including phenoxy) is 2. The van der Waals surface area contributed by atoms with E-state index in [-0.39, 0.29) is 6.42 Å². The number of rotatable bonds is 17. The minimum absolute atomic E-state index is 0.188. The van der Waals surface area contributed by atoms with Gasteiger partial charge in [0.2, 0.25) is 5.91 Å². The van der Waals surface area contributed by atoms with Gasteiger partial charge in [0, 0.05) is 12.0 Å². The van der Waals surface area contributed by atoms with Crippen LogP contribution in [0, 0.1) is 17.8 Å². The molecule has 2 saturated heterocycles. The average molecular weight is 582 g/mol. The first-order chi connectivity index (χ1) is 20.3. The second-order valence-corrected chi connectivity index (χ2v) is 12.5. The largest absolute Gasteiger partial charge is 0.393 e. The Hall–Kier alpha value is -3.03. The zero-order chi connectivity index (χ0) is 30.1. The summed E-state index contributed by atoms with van der Waals surface area (Å²) in [5.74, 6) is -7.23. The van der Waals surface area contributed by atoms with Crippen LogP contribution in [0.5, 0.6) is 0 Å². The monoisotopic (exact) mass is 581 g/mol. The van der Waals surface area contributed by atoms with E-state index in [2.05, 4.69) is 12.2 Å². The number of carbonyl (C=O) groups is 5. The molecule has 42 heavy (non-hydrogen) atoms. The molecular formula is C34H47NO7. The lowest BCUT2D eigenvalue weighted by molar-refractivity contribution is -0.158. The van der Waals surface area contributed by atoms with Crippen LogP contribution in [0.1, 0.15) is 127 Å². The molecule has 2 heterocycles. The Bertz CT molecular complexity index is 1150. The standard InChI is InChI=1S/C34H47NO7/c1-3-4-5-6-7-8-9-10-11-12-13-14-15-18-21-35-30(37)29-28-27(32(39)42-33(28)40)23-19-16-17-20-24(23)34(29,2)25-22-26(36)41-31(25)38/h16-17,19-20,25,27-29H,3-15,18,21-22H2,1-2H3,(H,35,37). The topological polar surface area (TPSA) is 116 Å². The number of hydrogen-bond donors (Lipinski definition) is 1. The first-order valence-corrected chi connectivity index (χ1v) is 16.2. The lowest BCUT2D eigenvalue weighted by Gasteiger charge is -2.47. The summed E-state index contributed by atoms with van der Waals surface area (Å²) < 4.78 is 9.93. The van der Waals surface area contributed by atoms with Gasteiger partial charge in [-0.15, -0.1) is 0 Å². The number of amides is 1. The zero-order valence-electron chi connectivity index (χ0n) is 25.3. The van der Waals surface area contributed by atoms with Gasteiger partial charge in [-0.2, -0.15) is 0 Å². The van der Waals surface area contributed by atoms with E-state index in [1.807, 2.05) is 0 Å². The fraction of sp³-hybridized carbons (Fsp3) is 0.676. The van der Waals surface area contributed by atoms with E-state index < -0.39 is 58.9 Å². The molecule has 1 aromatic carbocycles. The Morgan fingerprint density at radius 3 is 1.93 bits per heavy atom. The number of benzene rings is 1. The smallest absolute Gasteiger partial charge is 0.321 e. The van der Waals surface area contributed by atoms with Crippen molar-refractivity contribution in [2.75, 3.05) is 6.54 Å². The van der Waals surface area contributed by atoms with E-state index in [1.54, 1.807) is 31.2 Å². The minimum Gasteiger partial charge on any atom is -0.393 e. The summed E-state index contributed by atoms with van der Waals surface area (Å²) in [6.45, 7) is 4.41. The van der Waals surface area contributed by atoms with Crippen molar-refractivity contribution in [1.82, 2.24) is 5.32 Å². The van der Waals surface area contributed by atoms with Gasteiger partial charge in [0.25, 0.3) is 0 Å². The highest BCUT2D eigenvalue weighted by Crippen LogP contribution is 2.57. The van der Waals surface area contributed by atoms with Crippen LogP contribution in [0.3, 0.4) is 0 Å². The molecule has 0 radical (unpaired) electrons. The summed E-state index contributed by atoms with van der Waals surface area (Å²) in [6.07, 6.45) is 17.1. The lowest BCUT2D eigenvalue weighted by atomic mass is 9.52. The maximum absolute atomic E-state index is 13.8. The van der Waals surface area contributed by atoms with Crippen LogP contribution in [0.25, 0.3) is 0 Å². The lowest BCUT2D eigenvalue weighted by Crippen LogP contribution is -2.56. The predicted molar refractivity (Wildman–Crippen MR) is 157 cm³/mol. The van der Waals surface area contributed by atoms with Gasteiger partial charge in [0.15, 0.2) is 0 Å². The highest BCUT2D eigenvalue weighted by atomic mass is 16.6. The molecule has 3 aliphatic rings. The fourth-order valence-corrected chi connectivity index (χ4v) is 7.37. The number of nitrogens with one attached hydrogen (secondary N) is 1. The van der Waals surface area contributed by atoms with Crippen LogP contribution in [0.2, 0.25) is 0 Å². The Morgan fingerprint density at radius 2 is 1.36 bits per heavy atom. The predicted octanol–water partition coefficient (Wildman–Crippen LogP) is 6.04. The molecule has 5 unspecified atom stereocenters. The number of carbonyl (C=O) groups excluding carboxylic acids is 5. The summed E-state index contributed by atoms with van der Waals surface area (Å²) in [5, 5.41) is 2.98. The van der Waals surface area contributed by atoms with Crippen molar-refractivity contribution in [2.45, 2.75) is 121 Å². The van der Waals surface area contributed by atoms with E-state index >= 15 is 0 Å². The third-order valence-electron chi connectivity index (χ3n) is 9.67. The number of cyclic esters (lactones) is 4. The summed E-state index contributed by atoms with van der Waals surface area (Å²) in [4.78, 5) is 64.6. The first kappa shape index (κ1) is 31.9. The average Bonchev–Trinajstić information content (AvgIpc) is 3.47. The molecule has 230 valence electrons. The van der Waals surface area contributed by atoms with Gasteiger partial charge in [-0.1, -0.05) is 122 Å². The van der Waals surface area contributed by atoms with Crippen molar-refractivity contribution in [3.05, 3.63) is 35.4 Å². The number of fused-ring (bicyclic) bond motifs is 3. The van der Waals surface area contributed by atoms with Crippen molar-refractivity contribution in [1.29, 1.82) is 0 Å². The van der Waals surface area contributed by atoms with Crippen molar-refractivity contribution >= 4 is 29.8 Å². The molecule has 1 N–H and O–H groups in total. The third kappa shape index (κ3) is 6.95. The van der Waals surface area contributed by atoms with Crippen molar-refractivity contribution < 1.29 is 33.4 Å². The van der Waals surface area contributed by atoms with E-state index in [9.17, 15) is 24.0 Å². The summed E-state index contributed by atoms with van der Waals surface area (Å²) >= 11 is 0. The van der Waals surface area contributed by atoms with Gasteiger partial charge in [-0.05, 0) is 17.5 Å². The molecule has 0 spiro atoms. The van der Waals surface area contributed by atoms with Gasteiger partial charge in [0.05, 0.1) is 30.1 Å². The van der Waals surface area contributed by atoms with Gasteiger partial charge < -0.3 is 14.8 Å². The molecule has 2 aliphatic heterocycles. The number of hydrogen-bond acceptors (Lipinski definition) is 7. The molecule has 1 aliphatic carbocycles. The molecule has 0 bridgehead atoms. The Balaban J connectivity index is 1.30. The summed E-state index contributed by atoms with van der Waals surface area (Å²) in [6, 6.07) is 7.02. The highest BCUT2D eigenvalue weighted by Gasteiger charge is 2.65. The maximum Gasteiger partial charge on any atom is 0.321 e. The Labute approximate surface area is 249 Å². The third-order valence-corrected chi connectivity index (χ3v) is 9.67. The number of unbranched alkanes of at least 4 members (excludes halogenated alkanes) is 13. The van der Waals surface area contributed by atoms with Crippen LogP contribution < -0.4 is 5.32 Å². The SMILES string of the molecule is CCCCCCCCCCCCCCCCNC(=O)C1C2C(=O)OC(=O)C2c2ccccc2C1(C)C1CC(=O)OC1=O. The van der Waals surface area contributed by atoms with Crippen LogP contribution in [-0.4, -0.2) is 36.3 Å². The normalized spacial score (nSPS) is 26.5. The van der Waals surface area contributed by atoms with E-state index in [0.29, 0.717) is 17.7 Å². The van der Waals surface area contributed by atoms with Crippen LogP contribution in [-0.2, 0) is 38.9 Å². The number of esters is 4. The van der Waals surface area contributed by atoms with Crippen molar-refractivity contribution in [2.24, 2.45) is 17.8 Å². The molecule has 4 rings (SSSR count). The van der Waals surface area contributed by atoms with Crippen LogP contribution >= 0.6 is 0 Å². The second kappa shape index (κ2) is 14.9. The molecule has 8 heteroatoms. The molecule has 8 nitrogen and oxygen atoms in total. The minimum atomic E-state index is -1.23. The quantitative estimate of drug-likeness (QED) is 0.135. The van der Waals surface area contributed by atoms with E-state index in [1.165, 1.54) is 70.6 Å². The maximum atomic E-state index is 13.8. The Kier molecular flexibility index (Phi) is 11.3. The van der Waals surface area contributed by atoms with Crippen molar-refractivity contribution in [3.8, 4) is 0 Å². The molecule has 1 aromatic rings. The molecule has 1 amide bonds. The van der Waals surface area contributed by atoms with Gasteiger partial charge in [-0.25, -0.2) is 0 Å². The Morgan fingerprint density at radius 1 is 0.786 bits per heavy atom. The van der Waals surface area contributed by atoms with E-state index in [0.717, 1.165) is 19.3 Å². The highest BCUT2D eigenvalue weighted by molar-refractivity contribution is 6.04. The molecule has 2 fully saturated rings. The van der Waals surface area contributed by atoms with Crippen molar-refractivity contribution in [3.63, 3.8) is 0 Å². The summed E-state index contributed by atoms with van der Waals surface area (Å²) in [7, 11) is 0. The van der Waals surface area contributed by atoms with Gasteiger partial charge >= 0.3 is 23.9 Å². The molecule has 0 aromatic heterocycles. The van der Waals surface area contributed by atoms with Crippen LogP contribution in [0.4, 0.5) is 0 Å². The van der Waals surface area contributed by atoms with Crippen LogP contribution in [0.15, 0.2) is 24.3 Å². The zero-order valence-corrected chi connectivity index (χ0v) is 25.3. The van der Waals surface area contributed by atoms with Gasteiger partial charge in [0.1, 0.15) is 0 Å². The summed E-state index contributed by atoms with van der Waals surface area (Å²) in [5.41, 5.74) is -0.0697. The fourth-order valence-electron chi connectivity index (χ4n) is 7.37. The second-order valence-electron chi connectivity index (χ2n) is 12.5.